The number of hydrogen-bond acceptors (Lipinski definition) is 4. The van der Waals surface area contributed by atoms with Crippen molar-refractivity contribution < 1.29 is 0 Å². The zero-order chi connectivity index (χ0) is 11.4. The van der Waals surface area contributed by atoms with Gasteiger partial charge in [0.1, 0.15) is 0 Å². The molecule has 1 aromatic heterocycles. The van der Waals surface area contributed by atoms with E-state index in [1.807, 2.05) is 7.05 Å². The minimum Gasteiger partial charge on any atom is -0.316 e. The van der Waals surface area contributed by atoms with E-state index >= 15 is 0 Å². The third-order valence-corrected chi connectivity index (χ3v) is 3.42. The first-order valence-electron chi connectivity index (χ1n) is 6.18. The summed E-state index contributed by atoms with van der Waals surface area (Å²) in [4.78, 5) is 1.54. The zero-order valence-electron chi connectivity index (χ0n) is 10.2. The van der Waals surface area contributed by atoms with Crippen molar-refractivity contribution in [1.29, 1.82) is 0 Å². The molecular formula is C11H21N5. The van der Waals surface area contributed by atoms with Crippen LogP contribution in [0.25, 0.3) is 0 Å². The van der Waals surface area contributed by atoms with Crippen LogP contribution >= 0.6 is 0 Å². The highest BCUT2D eigenvalue weighted by atomic mass is 15.6. The molecule has 1 saturated carbocycles. The Morgan fingerprint density at radius 1 is 1.44 bits per heavy atom. The molecular weight excluding hydrogens is 202 g/mol. The molecule has 1 aliphatic carbocycles. The number of nitrogens with one attached hydrogen (secondary N) is 1. The molecule has 0 radical (unpaired) electrons. The summed E-state index contributed by atoms with van der Waals surface area (Å²) >= 11 is 0. The van der Waals surface area contributed by atoms with Gasteiger partial charge in [0.2, 0.25) is 0 Å². The van der Waals surface area contributed by atoms with Gasteiger partial charge in [0, 0.05) is 13.0 Å². The van der Waals surface area contributed by atoms with Gasteiger partial charge in [-0.15, -0.1) is 10.2 Å². The van der Waals surface area contributed by atoms with Crippen LogP contribution in [0.1, 0.15) is 38.4 Å². The van der Waals surface area contributed by atoms with Crippen molar-refractivity contribution in [3.8, 4) is 0 Å². The van der Waals surface area contributed by atoms with E-state index in [9.17, 15) is 0 Å². The van der Waals surface area contributed by atoms with Crippen LogP contribution in [0.3, 0.4) is 0 Å². The fraction of sp³-hybridized carbons (Fsp3) is 0.909. The Hall–Kier alpha value is -0.970. The van der Waals surface area contributed by atoms with E-state index < -0.39 is 0 Å². The normalized spacial score (nSPS) is 18.4. The summed E-state index contributed by atoms with van der Waals surface area (Å²) in [6.07, 6.45) is 6.09. The molecule has 0 bridgehead atoms. The highest BCUT2D eigenvalue weighted by molar-refractivity contribution is 4.97. The highest BCUT2D eigenvalue weighted by Crippen LogP contribution is 2.42. The lowest BCUT2D eigenvalue weighted by atomic mass is 9.66. The van der Waals surface area contributed by atoms with Crippen molar-refractivity contribution in [2.24, 2.45) is 12.5 Å². The molecule has 16 heavy (non-hydrogen) atoms. The van der Waals surface area contributed by atoms with Crippen LogP contribution in [0.5, 0.6) is 0 Å². The monoisotopic (exact) mass is 223 g/mol. The zero-order valence-corrected chi connectivity index (χ0v) is 10.2. The summed E-state index contributed by atoms with van der Waals surface area (Å²) < 4.78 is 0. The Bertz CT molecular complexity index is 329. The highest BCUT2D eigenvalue weighted by Gasteiger charge is 2.37. The number of rotatable bonds is 6. The second-order valence-electron chi connectivity index (χ2n) is 4.90. The van der Waals surface area contributed by atoms with Gasteiger partial charge in [-0.1, -0.05) is 13.3 Å². The average Bonchev–Trinajstić information content (AvgIpc) is 2.60. The van der Waals surface area contributed by atoms with Crippen molar-refractivity contribution in [1.82, 2.24) is 25.5 Å². The summed E-state index contributed by atoms with van der Waals surface area (Å²) in [6, 6.07) is 0. The first kappa shape index (κ1) is 11.5. The predicted molar refractivity (Wildman–Crippen MR) is 61.9 cm³/mol. The van der Waals surface area contributed by atoms with Crippen molar-refractivity contribution in [3.63, 3.8) is 0 Å². The van der Waals surface area contributed by atoms with E-state index in [-0.39, 0.29) is 0 Å². The maximum absolute atomic E-state index is 4.27. The lowest BCUT2D eigenvalue weighted by molar-refractivity contribution is 0.127. The van der Waals surface area contributed by atoms with Crippen LogP contribution in [-0.4, -0.2) is 33.3 Å². The number of nitrogens with zero attached hydrogens (tertiary/aromatic N) is 4. The average molecular weight is 223 g/mol. The maximum Gasteiger partial charge on any atom is 0.175 e. The number of aromatic nitrogens is 4. The summed E-state index contributed by atoms with van der Waals surface area (Å²) in [5.41, 5.74) is 0.401. The Labute approximate surface area is 96.6 Å². The molecule has 1 aromatic rings. The summed E-state index contributed by atoms with van der Waals surface area (Å²) in [7, 11) is 1.82. The molecule has 0 aliphatic heterocycles. The number of hydrogen-bond donors (Lipinski definition) is 1. The van der Waals surface area contributed by atoms with E-state index in [0.717, 1.165) is 25.3 Å². The van der Waals surface area contributed by atoms with Crippen LogP contribution in [0.4, 0.5) is 0 Å². The molecule has 0 atom stereocenters. The first-order valence-corrected chi connectivity index (χ1v) is 6.18. The van der Waals surface area contributed by atoms with E-state index in [4.69, 9.17) is 0 Å². The molecule has 1 fully saturated rings. The molecule has 1 heterocycles. The third-order valence-electron chi connectivity index (χ3n) is 3.42. The van der Waals surface area contributed by atoms with E-state index in [0.29, 0.717) is 5.41 Å². The van der Waals surface area contributed by atoms with Gasteiger partial charge >= 0.3 is 0 Å². The van der Waals surface area contributed by atoms with Crippen LogP contribution in [0, 0.1) is 5.41 Å². The summed E-state index contributed by atoms with van der Waals surface area (Å²) in [6.45, 7) is 4.40. The van der Waals surface area contributed by atoms with Gasteiger partial charge in [-0.2, -0.15) is 4.80 Å². The van der Waals surface area contributed by atoms with Gasteiger partial charge in [0.15, 0.2) is 5.82 Å². The Morgan fingerprint density at radius 2 is 2.25 bits per heavy atom. The largest absolute Gasteiger partial charge is 0.316 e. The quantitative estimate of drug-likeness (QED) is 0.729. The third kappa shape index (κ3) is 2.58. The Morgan fingerprint density at radius 3 is 2.75 bits per heavy atom. The van der Waals surface area contributed by atoms with Crippen LogP contribution in [0.15, 0.2) is 0 Å². The lowest BCUT2D eigenvalue weighted by Crippen LogP contribution is -2.42. The van der Waals surface area contributed by atoms with Gasteiger partial charge < -0.3 is 5.32 Å². The molecule has 2 rings (SSSR count). The minimum absolute atomic E-state index is 0.401. The van der Waals surface area contributed by atoms with Crippen molar-refractivity contribution in [2.75, 3.05) is 13.1 Å². The van der Waals surface area contributed by atoms with Gasteiger partial charge in [-0.25, -0.2) is 0 Å². The number of tetrazole rings is 1. The molecule has 90 valence electrons. The van der Waals surface area contributed by atoms with Gasteiger partial charge in [0.05, 0.1) is 7.05 Å². The fourth-order valence-corrected chi connectivity index (χ4v) is 2.35. The van der Waals surface area contributed by atoms with Crippen LogP contribution < -0.4 is 5.32 Å². The van der Waals surface area contributed by atoms with Crippen molar-refractivity contribution >= 4 is 0 Å². The topological polar surface area (TPSA) is 55.6 Å². The number of aryl methyl sites for hydroxylation is 1. The Kier molecular flexibility index (Phi) is 3.53. The summed E-state index contributed by atoms with van der Waals surface area (Å²) in [5.74, 6) is 0.889. The maximum atomic E-state index is 4.27. The smallest absolute Gasteiger partial charge is 0.175 e. The van der Waals surface area contributed by atoms with Crippen LogP contribution in [-0.2, 0) is 13.5 Å². The van der Waals surface area contributed by atoms with Gasteiger partial charge in [-0.3, -0.25) is 0 Å². The minimum atomic E-state index is 0.401. The molecule has 0 amide bonds. The van der Waals surface area contributed by atoms with E-state index in [2.05, 4.69) is 27.7 Å². The van der Waals surface area contributed by atoms with E-state index in [1.54, 1.807) is 4.80 Å². The standard InChI is InChI=1S/C11H21N5/c1-3-7-12-9-11(5-4-6-11)8-10-13-15-16(2)14-10/h12H,3-9H2,1-2H3. The lowest BCUT2D eigenvalue weighted by Gasteiger charge is -2.41. The van der Waals surface area contributed by atoms with E-state index in [1.165, 1.54) is 25.7 Å². The fourth-order valence-electron chi connectivity index (χ4n) is 2.35. The van der Waals surface area contributed by atoms with Gasteiger partial charge in [-0.05, 0) is 36.4 Å². The molecule has 0 saturated heterocycles. The molecule has 1 N–H and O–H groups in total. The van der Waals surface area contributed by atoms with Crippen LogP contribution in [0.2, 0.25) is 0 Å². The molecule has 5 heteroatoms. The first-order chi connectivity index (χ1) is 7.74. The molecule has 5 nitrogen and oxygen atoms in total. The summed E-state index contributed by atoms with van der Waals surface area (Å²) in [5, 5.41) is 15.8. The second-order valence-corrected chi connectivity index (χ2v) is 4.90. The molecule has 0 spiro atoms. The van der Waals surface area contributed by atoms with Gasteiger partial charge in [0.25, 0.3) is 0 Å². The van der Waals surface area contributed by atoms with Crippen molar-refractivity contribution in [2.45, 2.75) is 39.0 Å². The van der Waals surface area contributed by atoms with Crippen molar-refractivity contribution in [3.05, 3.63) is 5.82 Å². The SMILES string of the molecule is CCCNCC1(Cc2nnn(C)n2)CCC1. The Balaban J connectivity index is 1.89. The molecule has 1 aliphatic rings. The molecule has 0 aromatic carbocycles. The molecule has 0 unspecified atom stereocenters. The second kappa shape index (κ2) is 4.91. The predicted octanol–water partition coefficient (Wildman–Crippen LogP) is 0.922.